The molecule has 4 nitrogen and oxygen atoms in total. The van der Waals surface area contributed by atoms with Crippen molar-refractivity contribution in [2.24, 2.45) is 0 Å². The number of nitrogens with zero attached hydrogens (tertiary/aromatic N) is 2. The molecule has 0 radical (unpaired) electrons. The van der Waals surface area contributed by atoms with E-state index in [1.807, 2.05) is 35.7 Å². The van der Waals surface area contributed by atoms with Crippen molar-refractivity contribution in [1.82, 2.24) is 14.7 Å². The zero-order valence-electron chi connectivity index (χ0n) is 15.5. The van der Waals surface area contributed by atoms with Gasteiger partial charge in [0.15, 0.2) is 4.96 Å². The van der Waals surface area contributed by atoms with Crippen molar-refractivity contribution in [2.75, 3.05) is 0 Å². The highest BCUT2D eigenvalue weighted by atomic mass is 32.1. The Morgan fingerprint density at radius 1 is 1.11 bits per heavy atom. The van der Waals surface area contributed by atoms with Gasteiger partial charge in [0.1, 0.15) is 0 Å². The molecule has 2 heterocycles. The molecule has 0 saturated heterocycles. The summed E-state index contributed by atoms with van der Waals surface area (Å²) >= 11 is 1.51. The fraction of sp³-hybridized carbons (Fsp3) is 0.217. The fourth-order valence-corrected chi connectivity index (χ4v) is 4.98. The van der Waals surface area contributed by atoms with E-state index in [4.69, 9.17) is 4.98 Å². The maximum atomic E-state index is 12.8. The molecule has 0 saturated carbocycles. The van der Waals surface area contributed by atoms with E-state index in [1.54, 1.807) is 10.5 Å². The second-order valence-electron chi connectivity index (χ2n) is 7.22. The molecular formula is C23H21N3OS. The molecule has 1 N–H and O–H groups in total. The van der Waals surface area contributed by atoms with E-state index in [2.05, 4.69) is 29.6 Å². The fourth-order valence-electron chi connectivity index (χ4n) is 4.06. The molecule has 2 aromatic heterocycles. The molecule has 5 heteroatoms. The largest absolute Gasteiger partial charge is 0.304 e. The normalized spacial score (nSPS) is 16.2. The van der Waals surface area contributed by atoms with Crippen LogP contribution >= 0.6 is 11.3 Å². The standard InChI is InChI=1S/C23H21N3OS/c27-22-13-18(14-24-20-12-6-10-16-7-4-5-11-19(16)20)25-23-26(22)21(15-28-23)17-8-2-1-3-9-17/h1-5,7-9,11,13,15,20,24H,6,10,12,14H2/t20-/m1/s1. The van der Waals surface area contributed by atoms with E-state index >= 15 is 0 Å². The van der Waals surface area contributed by atoms with Crippen LogP contribution in [0, 0.1) is 0 Å². The number of aromatic nitrogens is 2. The second-order valence-corrected chi connectivity index (χ2v) is 8.05. The minimum atomic E-state index is -0.0223. The zero-order chi connectivity index (χ0) is 18.9. The molecule has 2 aromatic carbocycles. The van der Waals surface area contributed by atoms with E-state index < -0.39 is 0 Å². The lowest BCUT2D eigenvalue weighted by atomic mass is 9.88. The molecule has 1 aliphatic rings. The first-order chi connectivity index (χ1) is 13.8. The van der Waals surface area contributed by atoms with Gasteiger partial charge in [0, 0.05) is 24.0 Å². The lowest BCUT2D eigenvalue weighted by Gasteiger charge is -2.26. The molecule has 28 heavy (non-hydrogen) atoms. The maximum absolute atomic E-state index is 12.8. The third-order valence-corrected chi connectivity index (χ3v) is 6.25. The molecule has 1 aliphatic carbocycles. The number of thiazole rings is 1. The second kappa shape index (κ2) is 7.34. The molecule has 0 unspecified atom stereocenters. The van der Waals surface area contributed by atoms with Crippen molar-refractivity contribution in [3.05, 3.63) is 93.2 Å². The van der Waals surface area contributed by atoms with Gasteiger partial charge < -0.3 is 5.32 Å². The van der Waals surface area contributed by atoms with Gasteiger partial charge in [0.25, 0.3) is 5.56 Å². The molecule has 0 fully saturated rings. The maximum Gasteiger partial charge on any atom is 0.259 e. The highest BCUT2D eigenvalue weighted by molar-refractivity contribution is 7.15. The van der Waals surface area contributed by atoms with Crippen LogP contribution < -0.4 is 10.9 Å². The topological polar surface area (TPSA) is 46.4 Å². The van der Waals surface area contributed by atoms with E-state index in [1.165, 1.54) is 28.9 Å². The van der Waals surface area contributed by atoms with Crippen molar-refractivity contribution in [1.29, 1.82) is 0 Å². The van der Waals surface area contributed by atoms with E-state index in [0.29, 0.717) is 12.6 Å². The van der Waals surface area contributed by atoms with Crippen LogP contribution in [0.15, 0.2) is 70.8 Å². The molecular weight excluding hydrogens is 366 g/mol. The van der Waals surface area contributed by atoms with Gasteiger partial charge in [-0.05, 0) is 36.0 Å². The number of aryl methyl sites for hydroxylation is 1. The van der Waals surface area contributed by atoms with Crippen molar-refractivity contribution in [3.63, 3.8) is 0 Å². The number of hydrogen-bond acceptors (Lipinski definition) is 4. The van der Waals surface area contributed by atoms with Crippen LogP contribution in [0.5, 0.6) is 0 Å². The van der Waals surface area contributed by atoms with Crippen molar-refractivity contribution in [2.45, 2.75) is 31.8 Å². The molecule has 140 valence electrons. The molecule has 4 aromatic rings. The summed E-state index contributed by atoms with van der Waals surface area (Å²) in [5, 5.41) is 5.63. The molecule has 0 aliphatic heterocycles. The summed E-state index contributed by atoms with van der Waals surface area (Å²) in [6.45, 7) is 0.601. The molecule has 1 atom stereocenters. The Morgan fingerprint density at radius 3 is 2.82 bits per heavy atom. The van der Waals surface area contributed by atoms with Gasteiger partial charge in [-0.3, -0.25) is 9.20 Å². The highest BCUT2D eigenvalue weighted by Crippen LogP contribution is 2.29. The quantitative estimate of drug-likeness (QED) is 0.557. The van der Waals surface area contributed by atoms with Crippen LogP contribution in [-0.2, 0) is 13.0 Å². The third kappa shape index (κ3) is 3.17. The van der Waals surface area contributed by atoms with Crippen LogP contribution in [0.2, 0.25) is 0 Å². The lowest BCUT2D eigenvalue weighted by molar-refractivity contribution is 0.456. The average molecular weight is 388 g/mol. The molecule has 0 bridgehead atoms. The minimum absolute atomic E-state index is 0.0223. The Morgan fingerprint density at radius 2 is 1.93 bits per heavy atom. The average Bonchev–Trinajstić information content (AvgIpc) is 3.17. The van der Waals surface area contributed by atoms with Crippen LogP contribution in [0.1, 0.15) is 35.7 Å². The monoisotopic (exact) mass is 387 g/mol. The van der Waals surface area contributed by atoms with E-state index in [-0.39, 0.29) is 5.56 Å². The lowest BCUT2D eigenvalue weighted by Crippen LogP contribution is -2.26. The van der Waals surface area contributed by atoms with Gasteiger partial charge in [-0.2, -0.15) is 0 Å². The molecule has 5 rings (SSSR count). The summed E-state index contributed by atoms with van der Waals surface area (Å²) in [4.78, 5) is 18.3. The number of hydrogen-bond donors (Lipinski definition) is 1. The Balaban J connectivity index is 1.42. The SMILES string of the molecule is O=c1cc(CN[C@@H]2CCCc3ccccc32)nc2scc(-c3ccccc3)n12. The molecule has 0 spiro atoms. The third-order valence-electron chi connectivity index (χ3n) is 5.43. The smallest absolute Gasteiger partial charge is 0.259 e. The number of nitrogens with one attached hydrogen (secondary N) is 1. The minimum Gasteiger partial charge on any atom is -0.304 e. The van der Waals surface area contributed by atoms with Crippen LogP contribution in [0.4, 0.5) is 0 Å². The first-order valence-electron chi connectivity index (χ1n) is 9.66. The van der Waals surface area contributed by atoms with Crippen molar-refractivity contribution in [3.8, 4) is 11.3 Å². The van der Waals surface area contributed by atoms with E-state index in [9.17, 15) is 4.79 Å². The highest BCUT2D eigenvalue weighted by Gasteiger charge is 2.19. The predicted molar refractivity (Wildman–Crippen MR) is 114 cm³/mol. The van der Waals surface area contributed by atoms with Crippen LogP contribution in [0.3, 0.4) is 0 Å². The van der Waals surface area contributed by atoms with Gasteiger partial charge in [-0.15, -0.1) is 11.3 Å². The van der Waals surface area contributed by atoms with Crippen molar-refractivity contribution >= 4 is 16.3 Å². The Hall–Kier alpha value is -2.76. The molecule has 0 amide bonds. The number of benzene rings is 2. The summed E-state index contributed by atoms with van der Waals surface area (Å²) < 4.78 is 1.71. The van der Waals surface area contributed by atoms with E-state index in [0.717, 1.165) is 34.8 Å². The Labute approximate surface area is 167 Å². The number of fused-ring (bicyclic) bond motifs is 2. The number of rotatable bonds is 4. The predicted octanol–water partition coefficient (Wildman–Crippen LogP) is 4.59. The summed E-state index contributed by atoms with van der Waals surface area (Å²) in [5.74, 6) is 0. The van der Waals surface area contributed by atoms with Crippen LogP contribution in [0.25, 0.3) is 16.2 Å². The summed E-state index contributed by atoms with van der Waals surface area (Å²) in [6.07, 6.45) is 3.46. The van der Waals surface area contributed by atoms with Gasteiger partial charge in [-0.1, -0.05) is 54.6 Å². The summed E-state index contributed by atoms with van der Waals surface area (Å²) in [6, 6.07) is 20.6. The van der Waals surface area contributed by atoms with Crippen molar-refractivity contribution < 1.29 is 0 Å². The Kier molecular flexibility index (Phi) is 4.55. The Bertz CT molecular complexity index is 1180. The van der Waals surface area contributed by atoms with Crippen LogP contribution in [-0.4, -0.2) is 9.38 Å². The zero-order valence-corrected chi connectivity index (χ0v) is 16.3. The first kappa shape index (κ1) is 17.3. The summed E-state index contributed by atoms with van der Waals surface area (Å²) in [7, 11) is 0. The summed E-state index contributed by atoms with van der Waals surface area (Å²) in [5.41, 5.74) is 5.52. The first-order valence-corrected chi connectivity index (χ1v) is 10.5. The van der Waals surface area contributed by atoms with Gasteiger partial charge in [0.2, 0.25) is 0 Å². The van der Waals surface area contributed by atoms with Gasteiger partial charge >= 0.3 is 0 Å². The van der Waals surface area contributed by atoms with Gasteiger partial charge in [-0.25, -0.2) is 4.98 Å². The van der Waals surface area contributed by atoms with Gasteiger partial charge in [0.05, 0.1) is 11.4 Å².